The van der Waals surface area contributed by atoms with Crippen molar-refractivity contribution in [2.24, 2.45) is 0 Å². The van der Waals surface area contributed by atoms with E-state index < -0.39 is 5.60 Å². The summed E-state index contributed by atoms with van der Waals surface area (Å²) in [6, 6.07) is 10.6. The SMILES string of the molecule is Cc1c(C)c(N2CCN(c3ccccc3)CC2)c(C)c2c1OC(C)(C)C2=O. The first-order valence-electron chi connectivity index (χ1n) is 9.74. The van der Waals surface area contributed by atoms with Crippen LogP contribution in [0.3, 0.4) is 0 Å². The summed E-state index contributed by atoms with van der Waals surface area (Å²) in [6.07, 6.45) is 0. The summed E-state index contributed by atoms with van der Waals surface area (Å²) < 4.78 is 6.04. The number of Topliss-reactive ketones (excluding diaryl/α,β-unsaturated/α-hetero) is 1. The van der Waals surface area contributed by atoms with Gasteiger partial charge >= 0.3 is 0 Å². The summed E-state index contributed by atoms with van der Waals surface area (Å²) >= 11 is 0. The molecule has 0 radical (unpaired) electrons. The maximum atomic E-state index is 12.9. The van der Waals surface area contributed by atoms with Gasteiger partial charge in [-0.15, -0.1) is 0 Å². The molecule has 2 aliphatic heterocycles. The molecule has 0 aliphatic carbocycles. The number of benzene rings is 2. The number of para-hydroxylation sites is 1. The number of fused-ring (bicyclic) bond motifs is 1. The smallest absolute Gasteiger partial charge is 0.209 e. The first-order chi connectivity index (χ1) is 12.8. The van der Waals surface area contributed by atoms with E-state index in [-0.39, 0.29) is 5.78 Å². The molecule has 2 heterocycles. The van der Waals surface area contributed by atoms with E-state index in [1.165, 1.54) is 16.9 Å². The predicted octanol–water partition coefficient (Wildman–Crippen LogP) is 4.29. The minimum Gasteiger partial charge on any atom is -0.479 e. The first kappa shape index (κ1) is 17.9. The van der Waals surface area contributed by atoms with Crippen LogP contribution in [-0.4, -0.2) is 37.6 Å². The second kappa shape index (κ2) is 6.29. The Kier molecular flexibility index (Phi) is 4.17. The molecular weight excluding hydrogens is 336 g/mol. The molecule has 0 atom stereocenters. The number of anilines is 2. The molecule has 4 nitrogen and oxygen atoms in total. The molecule has 27 heavy (non-hydrogen) atoms. The molecule has 0 bridgehead atoms. The van der Waals surface area contributed by atoms with Gasteiger partial charge in [0.05, 0.1) is 5.56 Å². The average Bonchev–Trinajstić information content (AvgIpc) is 2.91. The summed E-state index contributed by atoms with van der Waals surface area (Å²) in [5.74, 6) is 0.883. The summed E-state index contributed by atoms with van der Waals surface area (Å²) in [5, 5.41) is 0. The van der Waals surface area contributed by atoms with Crippen molar-refractivity contribution in [2.75, 3.05) is 36.0 Å². The molecule has 4 rings (SSSR count). The van der Waals surface area contributed by atoms with Crippen LogP contribution in [0.15, 0.2) is 30.3 Å². The van der Waals surface area contributed by atoms with Gasteiger partial charge in [0, 0.05) is 37.6 Å². The Morgan fingerprint density at radius 3 is 2.07 bits per heavy atom. The lowest BCUT2D eigenvalue weighted by atomic mass is 9.91. The zero-order valence-electron chi connectivity index (χ0n) is 16.9. The normalized spacial score (nSPS) is 18.5. The number of nitrogens with zero attached hydrogens (tertiary/aromatic N) is 2. The number of hydrogen-bond acceptors (Lipinski definition) is 4. The Morgan fingerprint density at radius 2 is 1.44 bits per heavy atom. The van der Waals surface area contributed by atoms with Gasteiger partial charge in [-0.2, -0.15) is 0 Å². The fraction of sp³-hybridized carbons (Fsp3) is 0.435. The molecule has 4 heteroatoms. The lowest BCUT2D eigenvalue weighted by Gasteiger charge is -2.39. The molecule has 0 amide bonds. The molecule has 0 saturated carbocycles. The third kappa shape index (κ3) is 2.78. The lowest BCUT2D eigenvalue weighted by molar-refractivity contribution is 0.0683. The number of carbonyl (C=O) groups excluding carboxylic acids is 1. The van der Waals surface area contributed by atoms with Gasteiger partial charge in [-0.1, -0.05) is 18.2 Å². The maximum absolute atomic E-state index is 12.9. The van der Waals surface area contributed by atoms with E-state index in [1.807, 2.05) is 13.8 Å². The second-order valence-electron chi connectivity index (χ2n) is 8.18. The van der Waals surface area contributed by atoms with Crippen LogP contribution in [0.4, 0.5) is 11.4 Å². The molecule has 1 saturated heterocycles. The number of ether oxygens (including phenoxy) is 1. The van der Waals surface area contributed by atoms with Crippen molar-refractivity contribution < 1.29 is 9.53 Å². The Balaban J connectivity index is 1.66. The fourth-order valence-electron chi connectivity index (χ4n) is 4.41. The van der Waals surface area contributed by atoms with E-state index in [2.05, 4.69) is 60.9 Å². The van der Waals surface area contributed by atoms with Gasteiger partial charge in [0.15, 0.2) is 5.60 Å². The van der Waals surface area contributed by atoms with Crippen LogP contribution in [0.25, 0.3) is 0 Å². The van der Waals surface area contributed by atoms with Gasteiger partial charge in [-0.25, -0.2) is 0 Å². The van der Waals surface area contributed by atoms with E-state index in [4.69, 9.17) is 4.74 Å². The van der Waals surface area contributed by atoms with Gasteiger partial charge in [-0.3, -0.25) is 4.79 Å². The average molecular weight is 364 g/mol. The van der Waals surface area contributed by atoms with E-state index >= 15 is 0 Å². The van der Waals surface area contributed by atoms with Crippen molar-refractivity contribution in [3.63, 3.8) is 0 Å². The van der Waals surface area contributed by atoms with E-state index in [0.29, 0.717) is 0 Å². The Hall–Kier alpha value is -2.49. The molecule has 142 valence electrons. The van der Waals surface area contributed by atoms with E-state index in [1.54, 1.807) is 0 Å². The molecule has 0 unspecified atom stereocenters. The van der Waals surface area contributed by atoms with Gasteiger partial charge in [0.25, 0.3) is 0 Å². The van der Waals surface area contributed by atoms with Crippen LogP contribution < -0.4 is 14.5 Å². The summed E-state index contributed by atoms with van der Waals surface area (Å²) in [5.41, 5.74) is 5.89. The van der Waals surface area contributed by atoms with Crippen LogP contribution in [0.5, 0.6) is 5.75 Å². The van der Waals surface area contributed by atoms with Crippen molar-refractivity contribution in [3.8, 4) is 5.75 Å². The highest BCUT2D eigenvalue weighted by Gasteiger charge is 2.43. The Labute approximate surface area is 161 Å². The molecule has 0 aromatic heterocycles. The minimum atomic E-state index is -0.769. The molecule has 2 aromatic rings. The van der Waals surface area contributed by atoms with Gasteiger partial charge < -0.3 is 14.5 Å². The largest absolute Gasteiger partial charge is 0.479 e. The topological polar surface area (TPSA) is 32.8 Å². The molecule has 0 spiro atoms. The standard InChI is InChI=1S/C23H28N2O2/c1-15-16(2)21-19(22(26)23(4,5)27-21)17(3)20(15)25-13-11-24(12-14-25)18-9-7-6-8-10-18/h6-10H,11-14H2,1-5H3. The van der Waals surface area contributed by atoms with Crippen LogP contribution in [0, 0.1) is 20.8 Å². The van der Waals surface area contributed by atoms with E-state index in [0.717, 1.165) is 48.6 Å². The summed E-state index contributed by atoms with van der Waals surface area (Å²) in [6.45, 7) is 13.9. The van der Waals surface area contributed by atoms with Gasteiger partial charge in [0.2, 0.25) is 5.78 Å². The maximum Gasteiger partial charge on any atom is 0.209 e. The number of piperazine rings is 1. The van der Waals surface area contributed by atoms with Crippen LogP contribution >= 0.6 is 0 Å². The Bertz CT molecular complexity index is 895. The van der Waals surface area contributed by atoms with Crippen molar-refractivity contribution in [1.29, 1.82) is 0 Å². The van der Waals surface area contributed by atoms with E-state index in [9.17, 15) is 4.79 Å². The van der Waals surface area contributed by atoms with Crippen molar-refractivity contribution in [1.82, 2.24) is 0 Å². The Morgan fingerprint density at radius 1 is 0.852 bits per heavy atom. The molecule has 2 aromatic carbocycles. The van der Waals surface area contributed by atoms with Crippen LogP contribution in [0.2, 0.25) is 0 Å². The monoisotopic (exact) mass is 364 g/mol. The van der Waals surface area contributed by atoms with Crippen LogP contribution in [0.1, 0.15) is 40.9 Å². The molecular formula is C23H28N2O2. The zero-order valence-corrected chi connectivity index (χ0v) is 16.9. The molecule has 2 aliphatic rings. The van der Waals surface area contributed by atoms with Crippen molar-refractivity contribution in [3.05, 3.63) is 52.6 Å². The predicted molar refractivity (Wildman–Crippen MR) is 111 cm³/mol. The van der Waals surface area contributed by atoms with Crippen molar-refractivity contribution in [2.45, 2.75) is 40.2 Å². The summed E-state index contributed by atoms with van der Waals surface area (Å²) in [7, 11) is 0. The quantitative estimate of drug-likeness (QED) is 0.796. The van der Waals surface area contributed by atoms with Gasteiger partial charge in [-0.05, 0) is 63.4 Å². The minimum absolute atomic E-state index is 0.0993. The highest BCUT2D eigenvalue weighted by atomic mass is 16.5. The lowest BCUT2D eigenvalue weighted by Crippen LogP contribution is -2.47. The highest BCUT2D eigenvalue weighted by molar-refractivity contribution is 6.09. The summed E-state index contributed by atoms with van der Waals surface area (Å²) in [4.78, 5) is 17.8. The van der Waals surface area contributed by atoms with Crippen molar-refractivity contribution >= 4 is 17.2 Å². The second-order valence-corrected chi connectivity index (χ2v) is 8.18. The third-order valence-electron chi connectivity index (χ3n) is 6.06. The third-order valence-corrected chi connectivity index (χ3v) is 6.06. The number of ketones is 1. The van der Waals surface area contributed by atoms with Crippen LogP contribution in [-0.2, 0) is 0 Å². The first-order valence-corrected chi connectivity index (χ1v) is 9.74. The fourth-order valence-corrected chi connectivity index (χ4v) is 4.41. The number of carbonyl (C=O) groups is 1. The number of rotatable bonds is 2. The molecule has 0 N–H and O–H groups in total. The zero-order chi connectivity index (χ0) is 19.3. The van der Waals surface area contributed by atoms with Gasteiger partial charge in [0.1, 0.15) is 5.75 Å². The number of hydrogen-bond donors (Lipinski definition) is 0. The molecule has 1 fully saturated rings. The highest BCUT2D eigenvalue weighted by Crippen LogP contribution is 2.45.